The molecule has 5 heteroatoms. The molecule has 0 spiro atoms. The van der Waals surface area contributed by atoms with Gasteiger partial charge >= 0.3 is 12.1 Å². The minimum absolute atomic E-state index is 0.407. The van der Waals surface area contributed by atoms with Gasteiger partial charge in [0.1, 0.15) is 17.2 Å². The van der Waals surface area contributed by atoms with Gasteiger partial charge in [-0.15, -0.1) is 0 Å². The van der Waals surface area contributed by atoms with Crippen molar-refractivity contribution in [1.29, 1.82) is 0 Å². The average molecular weight is 229 g/mol. The highest BCUT2D eigenvalue weighted by molar-refractivity contribution is 5.83. The van der Waals surface area contributed by atoms with Gasteiger partial charge in [-0.05, 0) is 34.6 Å². The van der Waals surface area contributed by atoms with Crippen LogP contribution in [0.5, 0.6) is 0 Å². The second-order valence-corrected chi connectivity index (χ2v) is 5.58. The summed E-state index contributed by atoms with van der Waals surface area (Å²) in [7, 11) is 0. The first-order valence-electron chi connectivity index (χ1n) is 5.31. The quantitative estimate of drug-likeness (QED) is 0.694. The lowest BCUT2D eigenvalue weighted by Crippen LogP contribution is -2.41. The number of nitrogens with one attached hydrogen (secondary N) is 1. The molecule has 0 saturated carbocycles. The maximum Gasteiger partial charge on any atom is 0.408 e. The van der Waals surface area contributed by atoms with E-state index in [0.717, 1.165) is 0 Å². The van der Waals surface area contributed by atoms with E-state index in [1.54, 1.807) is 20.8 Å². The lowest BCUT2D eigenvalue weighted by molar-refractivity contribution is -0.147. The molecule has 1 saturated heterocycles. The van der Waals surface area contributed by atoms with Gasteiger partial charge in [0.25, 0.3) is 0 Å². The molecule has 0 aliphatic carbocycles. The molecule has 0 bridgehead atoms. The largest absolute Gasteiger partial charge is 0.458 e. The second kappa shape index (κ2) is 3.96. The zero-order valence-electron chi connectivity index (χ0n) is 10.4. The fraction of sp³-hybridized carbons (Fsp3) is 0.818. The van der Waals surface area contributed by atoms with Crippen molar-refractivity contribution in [3.8, 4) is 0 Å². The summed E-state index contributed by atoms with van der Waals surface area (Å²) in [5.74, 6) is -0.407. The average Bonchev–Trinajstić information content (AvgIpc) is 2.19. The smallest absolute Gasteiger partial charge is 0.408 e. The molecule has 0 aromatic carbocycles. The Labute approximate surface area is 95.5 Å². The molecule has 92 valence electrons. The first-order valence-corrected chi connectivity index (χ1v) is 5.31. The van der Waals surface area contributed by atoms with Crippen molar-refractivity contribution in [1.82, 2.24) is 5.32 Å². The van der Waals surface area contributed by atoms with Crippen LogP contribution in [0.2, 0.25) is 0 Å². The van der Waals surface area contributed by atoms with Crippen LogP contribution in [0.25, 0.3) is 0 Å². The maximum absolute atomic E-state index is 11.4. The molecular formula is C11H19NO4. The van der Waals surface area contributed by atoms with E-state index in [0.29, 0.717) is 6.42 Å². The number of carbonyl (C=O) groups is 2. The second-order valence-electron chi connectivity index (χ2n) is 5.58. The van der Waals surface area contributed by atoms with Crippen molar-refractivity contribution < 1.29 is 19.1 Å². The zero-order valence-corrected chi connectivity index (χ0v) is 10.4. The van der Waals surface area contributed by atoms with Crippen molar-refractivity contribution in [2.75, 3.05) is 0 Å². The Morgan fingerprint density at radius 2 is 2.06 bits per heavy atom. The number of ether oxygens (including phenoxy) is 2. The van der Waals surface area contributed by atoms with Crippen LogP contribution in [0.3, 0.4) is 0 Å². The van der Waals surface area contributed by atoms with Crippen molar-refractivity contribution in [3.05, 3.63) is 0 Å². The maximum atomic E-state index is 11.4. The van der Waals surface area contributed by atoms with Crippen molar-refractivity contribution in [2.45, 2.75) is 58.3 Å². The van der Waals surface area contributed by atoms with Gasteiger partial charge in [0.15, 0.2) is 0 Å². The van der Waals surface area contributed by atoms with Crippen LogP contribution in [-0.2, 0) is 14.3 Å². The van der Waals surface area contributed by atoms with E-state index in [1.165, 1.54) is 0 Å². The summed E-state index contributed by atoms with van der Waals surface area (Å²) in [6.07, 6.45) is -0.127. The van der Waals surface area contributed by atoms with E-state index in [2.05, 4.69) is 5.32 Å². The molecule has 1 heterocycles. The standard InChI is InChI=1S/C11H19NO4/c1-10(2,3)16-9(14)12-7-6-11(4,5)15-8(7)13/h7H,6H2,1-5H3,(H,12,14)/t7-/m0/s1. The molecule has 0 aromatic rings. The van der Waals surface area contributed by atoms with Gasteiger partial charge in [-0.25, -0.2) is 9.59 Å². The third-order valence-electron chi connectivity index (χ3n) is 2.05. The molecule has 1 aliphatic heterocycles. The number of carbonyl (C=O) groups excluding carboxylic acids is 2. The van der Waals surface area contributed by atoms with Gasteiger partial charge in [-0.2, -0.15) is 0 Å². The predicted octanol–water partition coefficient (Wildman–Crippen LogP) is 1.61. The van der Waals surface area contributed by atoms with Crippen LogP contribution in [0.15, 0.2) is 0 Å². The van der Waals surface area contributed by atoms with E-state index in [9.17, 15) is 9.59 Å². The molecule has 1 rings (SSSR count). The van der Waals surface area contributed by atoms with Crippen molar-refractivity contribution in [3.63, 3.8) is 0 Å². The highest BCUT2D eigenvalue weighted by atomic mass is 16.6. The summed E-state index contributed by atoms with van der Waals surface area (Å²) in [4.78, 5) is 22.8. The Bertz CT molecular complexity index is 304. The zero-order chi connectivity index (χ0) is 12.6. The first-order chi connectivity index (χ1) is 7.09. The molecule has 1 atom stereocenters. The molecule has 0 radical (unpaired) electrons. The van der Waals surface area contributed by atoms with E-state index < -0.39 is 29.3 Å². The Kier molecular flexibility index (Phi) is 3.17. The molecule has 0 unspecified atom stereocenters. The van der Waals surface area contributed by atoms with Gasteiger partial charge in [0.2, 0.25) is 0 Å². The summed E-state index contributed by atoms with van der Waals surface area (Å²) < 4.78 is 10.1. The third-order valence-corrected chi connectivity index (χ3v) is 2.05. The van der Waals surface area contributed by atoms with E-state index in [1.807, 2.05) is 13.8 Å². The van der Waals surface area contributed by atoms with Crippen LogP contribution in [0.4, 0.5) is 4.79 Å². The lowest BCUT2D eigenvalue weighted by Gasteiger charge is -2.20. The Morgan fingerprint density at radius 3 is 2.44 bits per heavy atom. The van der Waals surface area contributed by atoms with Gasteiger partial charge in [0.05, 0.1) is 0 Å². The van der Waals surface area contributed by atoms with E-state index in [-0.39, 0.29) is 0 Å². The highest BCUT2D eigenvalue weighted by Crippen LogP contribution is 2.25. The molecular weight excluding hydrogens is 210 g/mol. The van der Waals surface area contributed by atoms with Gasteiger partial charge < -0.3 is 14.8 Å². The topological polar surface area (TPSA) is 64.6 Å². The summed E-state index contributed by atoms with van der Waals surface area (Å²) in [5, 5.41) is 2.51. The molecule has 5 nitrogen and oxygen atoms in total. The number of hydrogen-bond donors (Lipinski definition) is 1. The Morgan fingerprint density at radius 1 is 1.50 bits per heavy atom. The summed E-state index contributed by atoms with van der Waals surface area (Å²) >= 11 is 0. The minimum atomic E-state index is -0.607. The van der Waals surface area contributed by atoms with Crippen LogP contribution >= 0.6 is 0 Å². The molecule has 16 heavy (non-hydrogen) atoms. The number of rotatable bonds is 1. The van der Waals surface area contributed by atoms with E-state index >= 15 is 0 Å². The number of alkyl carbamates (subject to hydrolysis) is 1. The van der Waals surface area contributed by atoms with Crippen LogP contribution in [-0.4, -0.2) is 29.3 Å². The Hall–Kier alpha value is -1.26. The monoisotopic (exact) mass is 229 g/mol. The lowest BCUT2D eigenvalue weighted by atomic mass is 10.0. The number of cyclic esters (lactones) is 1. The van der Waals surface area contributed by atoms with Crippen LogP contribution < -0.4 is 5.32 Å². The molecule has 1 fully saturated rings. The summed E-state index contributed by atoms with van der Waals surface area (Å²) in [6, 6.07) is -0.607. The molecule has 0 aromatic heterocycles. The fourth-order valence-electron chi connectivity index (χ4n) is 1.52. The first kappa shape index (κ1) is 12.8. The SMILES string of the molecule is CC(C)(C)OC(=O)N[C@H]1CC(C)(C)OC1=O. The van der Waals surface area contributed by atoms with Gasteiger partial charge in [-0.3, -0.25) is 0 Å². The van der Waals surface area contributed by atoms with Crippen LogP contribution in [0, 0.1) is 0 Å². The number of hydrogen-bond acceptors (Lipinski definition) is 4. The molecule has 1 N–H and O–H groups in total. The summed E-state index contributed by atoms with van der Waals surface area (Å²) in [6.45, 7) is 8.92. The molecule has 1 aliphatic rings. The molecule has 1 amide bonds. The van der Waals surface area contributed by atoms with Crippen molar-refractivity contribution >= 4 is 12.1 Å². The van der Waals surface area contributed by atoms with Gasteiger partial charge in [-0.1, -0.05) is 0 Å². The number of esters is 1. The summed E-state index contributed by atoms with van der Waals surface area (Å²) in [5.41, 5.74) is -1.08. The Balaban J connectivity index is 2.50. The minimum Gasteiger partial charge on any atom is -0.458 e. The van der Waals surface area contributed by atoms with Crippen molar-refractivity contribution in [2.24, 2.45) is 0 Å². The van der Waals surface area contributed by atoms with Crippen LogP contribution in [0.1, 0.15) is 41.0 Å². The predicted molar refractivity (Wildman–Crippen MR) is 57.9 cm³/mol. The van der Waals surface area contributed by atoms with E-state index in [4.69, 9.17) is 9.47 Å². The number of amides is 1. The fourth-order valence-corrected chi connectivity index (χ4v) is 1.52. The third kappa shape index (κ3) is 3.72. The normalized spacial score (nSPS) is 23.8. The highest BCUT2D eigenvalue weighted by Gasteiger charge is 2.41. The van der Waals surface area contributed by atoms with Gasteiger partial charge in [0, 0.05) is 6.42 Å².